The number of ketones is 1. The van der Waals surface area contributed by atoms with Crippen LogP contribution in [0.1, 0.15) is 27.9 Å². The van der Waals surface area contributed by atoms with Gasteiger partial charge in [0.15, 0.2) is 5.78 Å². The Morgan fingerprint density at radius 2 is 1.76 bits per heavy atom. The number of allylic oxidation sites excluding steroid dienone is 1. The van der Waals surface area contributed by atoms with E-state index >= 15 is 0 Å². The number of nitrogens with one attached hydrogen (secondary N) is 1. The summed E-state index contributed by atoms with van der Waals surface area (Å²) in [7, 11) is 0. The molecular formula is C19H15NO. The first-order valence-corrected chi connectivity index (χ1v) is 7.22. The van der Waals surface area contributed by atoms with E-state index in [-0.39, 0.29) is 5.78 Å². The standard InChI is InChI=1S/C19H15NO/c21-19-14(10-9-13-5-1-2-7-17(13)19)11-15-12-20-18-8-4-3-6-16(15)18/h1-8,11-12,20H,9-10H2. The van der Waals surface area contributed by atoms with Crippen molar-refractivity contribution in [3.8, 4) is 0 Å². The fraction of sp³-hybridized carbons (Fsp3) is 0.105. The lowest BCUT2D eigenvalue weighted by atomic mass is 9.86. The number of rotatable bonds is 1. The van der Waals surface area contributed by atoms with Crippen molar-refractivity contribution in [2.24, 2.45) is 0 Å². The average molecular weight is 273 g/mol. The molecule has 0 aliphatic heterocycles. The Hall–Kier alpha value is -2.61. The molecule has 2 aromatic carbocycles. The molecule has 21 heavy (non-hydrogen) atoms. The highest BCUT2D eigenvalue weighted by atomic mass is 16.1. The first-order valence-electron chi connectivity index (χ1n) is 7.22. The molecule has 2 nitrogen and oxygen atoms in total. The van der Waals surface area contributed by atoms with Gasteiger partial charge in [-0.1, -0.05) is 42.5 Å². The van der Waals surface area contributed by atoms with Gasteiger partial charge in [-0.3, -0.25) is 4.79 Å². The summed E-state index contributed by atoms with van der Waals surface area (Å²) in [5, 5.41) is 1.16. The van der Waals surface area contributed by atoms with Crippen molar-refractivity contribution < 1.29 is 4.79 Å². The number of aromatic amines is 1. The van der Waals surface area contributed by atoms with Crippen LogP contribution in [-0.4, -0.2) is 10.8 Å². The van der Waals surface area contributed by atoms with E-state index in [0.29, 0.717) is 0 Å². The van der Waals surface area contributed by atoms with Crippen molar-refractivity contribution in [1.82, 2.24) is 4.98 Å². The number of aromatic nitrogens is 1. The van der Waals surface area contributed by atoms with Gasteiger partial charge in [-0.05, 0) is 30.5 Å². The molecule has 0 unspecified atom stereocenters. The van der Waals surface area contributed by atoms with Gasteiger partial charge < -0.3 is 4.98 Å². The molecule has 2 heteroatoms. The number of H-pyrrole nitrogens is 1. The van der Waals surface area contributed by atoms with E-state index in [2.05, 4.69) is 23.2 Å². The predicted octanol–water partition coefficient (Wildman–Crippen LogP) is 4.38. The maximum absolute atomic E-state index is 12.6. The summed E-state index contributed by atoms with van der Waals surface area (Å²) in [4.78, 5) is 15.9. The molecule has 1 aromatic heterocycles. The van der Waals surface area contributed by atoms with Crippen LogP contribution >= 0.6 is 0 Å². The lowest BCUT2D eigenvalue weighted by Crippen LogP contribution is -2.13. The van der Waals surface area contributed by atoms with Gasteiger partial charge in [0.25, 0.3) is 0 Å². The predicted molar refractivity (Wildman–Crippen MR) is 85.4 cm³/mol. The van der Waals surface area contributed by atoms with Crippen LogP contribution in [0.2, 0.25) is 0 Å². The van der Waals surface area contributed by atoms with Crippen molar-refractivity contribution in [3.63, 3.8) is 0 Å². The number of Topliss-reactive ketones (excluding diaryl/α,β-unsaturated/α-hetero) is 1. The van der Waals surface area contributed by atoms with Crippen molar-refractivity contribution in [1.29, 1.82) is 0 Å². The highest BCUT2D eigenvalue weighted by Crippen LogP contribution is 2.28. The smallest absolute Gasteiger partial charge is 0.189 e. The Morgan fingerprint density at radius 1 is 0.952 bits per heavy atom. The lowest BCUT2D eigenvalue weighted by Gasteiger charge is -2.17. The number of fused-ring (bicyclic) bond motifs is 2. The molecule has 0 radical (unpaired) electrons. The van der Waals surface area contributed by atoms with E-state index in [0.717, 1.165) is 40.4 Å². The number of carbonyl (C=O) groups is 1. The molecule has 0 spiro atoms. The molecule has 102 valence electrons. The molecule has 1 N–H and O–H groups in total. The van der Waals surface area contributed by atoms with Gasteiger partial charge in [0, 0.05) is 33.8 Å². The maximum atomic E-state index is 12.6. The second kappa shape index (κ2) is 4.74. The fourth-order valence-corrected chi connectivity index (χ4v) is 3.05. The molecule has 0 atom stereocenters. The zero-order valence-corrected chi connectivity index (χ0v) is 11.6. The molecule has 1 aliphatic carbocycles. The van der Waals surface area contributed by atoms with Crippen LogP contribution in [-0.2, 0) is 6.42 Å². The Morgan fingerprint density at radius 3 is 2.71 bits per heavy atom. The number of benzene rings is 2. The third-order valence-electron chi connectivity index (χ3n) is 4.17. The van der Waals surface area contributed by atoms with Gasteiger partial charge in [0.2, 0.25) is 0 Å². The summed E-state index contributed by atoms with van der Waals surface area (Å²) in [5.41, 5.74) is 5.12. The van der Waals surface area contributed by atoms with Crippen molar-refractivity contribution >= 4 is 22.8 Å². The quantitative estimate of drug-likeness (QED) is 0.656. The molecular weight excluding hydrogens is 258 g/mol. The van der Waals surface area contributed by atoms with E-state index in [9.17, 15) is 4.79 Å². The highest BCUT2D eigenvalue weighted by molar-refractivity contribution is 6.13. The summed E-state index contributed by atoms with van der Waals surface area (Å²) >= 11 is 0. The molecule has 0 fully saturated rings. The zero-order chi connectivity index (χ0) is 14.2. The SMILES string of the molecule is O=C1C(=Cc2c[nH]c3ccccc23)CCc2ccccc21. The topological polar surface area (TPSA) is 32.9 Å². The Balaban J connectivity index is 1.79. The third kappa shape index (κ3) is 2.00. The minimum Gasteiger partial charge on any atom is -0.361 e. The monoisotopic (exact) mass is 273 g/mol. The van der Waals surface area contributed by atoms with Crippen LogP contribution in [0, 0.1) is 0 Å². The van der Waals surface area contributed by atoms with Gasteiger partial charge in [-0.2, -0.15) is 0 Å². The number of hydrogen-bond donors (Lipinski definition) is 1. The summed E-state index contributed by atoms with van der Waals surface area (Å²) in [5.74, 6) is 0.169. The first-order chi connectivity index (χ1) is 10.3. The number of para-hydroxylation sites is 1. The van der Waals surface area contributed by atoms with Crippen LogP contribution < -0.4 is 0 Å². The van der Waals surface area contributed by atoms with Crippen LogP contribution in [0.5, 0.6) is 0 Å². The zero-order valence-electron chi connectivity index (χ0n) is 11.6. The Kier molecular flexibility index (Phi) is 2.74. The second-order valence-electron chi connectivity index (χ2n) is 5.45. The molecule has 3 aromatic rings. The van der Waals surface area contributed by atoms with Crippen molar-refractivity contribution in [2.75, 3.05) is 0 Å². The summed E-state index contributed by atoms with van der Waals surface area (Å²) in [6.45, 7) is 0. The van der Waals surface area contributed by atoms with Gasteiger partial charge in [0.05, 0.1) is 0 Å². The summed E-state index contributed by atoms with van der Waals surface area (Å²) in [6.07, 6.45) is 5.77. The molecule has 0 bridgehead atoms. The largest absolute Gasteiger partial charge is 0.361 e. The van der Waals surface area contributed by atoms with E-state index < -0.39 is 0 Å². The Labute approximate surface area is 123 Å². The van der Waals surface area contributed by atoms with Crippen LogP contribution in [0.15, 0.2) is 60.3 Å². The van der Waals surface area contributed by atoms with E-state index in [1.807, 2.05) is 42.6 Å². The molecule has 0 saturated heterocycles. The van der Waals surface area contributed by atoms with Crippen LogP contribution in [0.25, 0.3) is 17.0 Å². The molecule has 1 aliphatic rings. The van der Waals surface area contributed by atoms with E-state index in [1.165, 1.54) is 5.56 Å². The van der Waals surface area contributed by atoms with Gasteiger partial charge >= 0.3 is 0 Å². The normalized spacial score (nSPS) is 16.4. The third-order valence-corrected chi connectivity index (χ3v) is 4.17. The molecule has 1 heterocycles. The highest BCUT2D eigenvalue weighted by Gasteiger charge is 2.21. The average Bonchev–Trinajstić information content (AvgIpc) is 2.94. The maximum Gasteiger partial charge on any atom is 0.189 e. The number of hydrogen-bond acceptors (Lipinski definition) is 1. The lowest BCUT2D eigenvalue weighted by molar-refractivity contribution is 0.102. The molecule has 0 amide bonds. The molecule has 0 saturated carbocycles. The van der Waals surface area contributed by atoms with Crippen LogP contribution in [0.4, 0.5) is 0 Å². The second-order valence-corrected chi connectivity index (χ2v) is 5.45. The number of aryl methyl sites for hydroxylation is 1. The van der Waals surface area contributed by atoms with Crippen LogP contribution in [0.3, 0.4) is 0 Å². The van der Waals surface area contributed by atoms with Crippen molar-refractivity contribution in [2.45, 2.75) is 12.8 Å². The first kappa shape index (κ1) is 12.2. The van der Waals surface area contributed by atoms with E-state index in [1.54, 1.807) is 0 Å². The van der Waals surface area contributed by atoms with Gasteiger partial charge in [0.1, 0.15) is 0 Å². The summed E-state index contributed by atoms with van der Waals surface area (Å²) in [6, 6.07) is 16.1. The fourth-order valence-electron chi connectivity index (χ4n) is 3.05. The number of carbonyl (C=O) groups excluding carboxylic acids is 1. The van der Waals surface area contributed by atoms with Gasteiger partial charge in [-0.15, -0.1) is 0 Å². The van der Waals surface area contributed by atoms with Gasteiger partial charge in [-0.25, -0.2) is 0 Å². The van der Waals surface area contributed by atoms with E-state index in [4.69, 9.17) is 0 Å². The minimum atomic E-state index is 0.169. The minimum absolute atomic E-state index is 0.169. The summed E-state index contributed by atoms with van der Waals surface area (Å²) < 4.78 is 0. The molecule has 4 rings (SSSR count). The Bertz CT molecular complexity index is 870. The van der Waals surface area contributed by atoms with Crippen molar-refractivity contribution in [3.05, 3.63) is 77.0 Å².